The number of ether oxygens (including phenoxy) is 1. The van der Waals surface area contributed by atoms with Crippen LogP contribution < -0.4 is 15.9 Å². The Kier molecular flexibility index (Phi) is 6.69. The third-order valence-corrected chi connectivity index (χ3v) is 7.09. The lowest BCUT2D eigenvalue weighted by molar-refractivity contribution is -0.119. The maximum atomic E-state index is 12.5. The molecule has 32 heavy (non-hydrogen) atoms. The van der Waals surface area contributed by atoms with Gasteiger partial charge in [-0.3, -0.25) is 4.79 Å². The van der Waals surface area contributed by atoms with Gasteiger partial charge in [-0.05, 0) is 43.4 Å². The summed E-state index contributed by atoms with van der Waals surface area (Å²) >= 11 is 1.27. The van der Waals surface area contributed by atoms with E-state index in [0.717, 1.165) is 29.7 Å². The Balaban J connectivity index is 1.29. The zero-order valence-electron chi connectivity index (χ0n) is 18.5. The number of para-hydroxylation sites is 1. The van der Waals surface area contributed by atoms with Gasteiger partial charge in [0.15, 0.2) is 5.82 Å². The molecule has 0 spiro atoms. The number of carbonyl (C=O) groups excluding carboxylic acids is 1. The largest absolute Gasteiger partial charge is 0.485 e. The molecule has 0 radical (unpaired) electrons. The normalized spacial score (nSPS) is 14.6. The predicted octanol–water partition coefficient (Wildman–Crippen LogP) is 3.52. The third-order valence-electron chi connectivity index (χ3n) is 6.14. The van der Waals surface area contributed by atoms with Crippen LogP contribution in [0, 0.1) is 13.8 Å². The van der Waals surface area contributed by atoms with Crippen molar-refractivity contribution >= 4 is 17.7 Å². The van der Waals surface area contributed by atoms with Crippen LogP contribution in [-0.4, -0.2) is 33.1 Å². The molecule has 1 amide bonds. The summed E-state index contributed by atoms with van der Waals surface area (Å²) < 4.78 is 7.31. The third kappa shape index (κ3) is 4.75. The van der Waals surface area contributed by atoms with Gasteiger partial charge < -0.3 is 15.9 Å². The number of hydrogen-bond donors (Lipinski definition) is 2. The number of nitrogens with zero attached hydrogens (tertiary/aromatic N) is 3. The Hall–Kier alpha value is -3.00. The summed E-state index contributed by atoms with van der Waals surface area (Å²) in [6.45, 7) is 4.87. The van der Waals surface area contributed by atoms with E-state index in [1.54, 1.807) is 0 Å². The van der Waals surface area contributed by atoms with Crippen LogP contribution in [0.4, 0.5) is 0 Å². The number of nitrogen functional groups attached to an aromatic ring is 1. The van der Waals surface area contributed by atoms with Crippen molar-refractivity contribution in [2.24, 2.45) is 0 Å². The van der Waals surface area contributed by atoms with Crippen LogP contribution in [0.3, 0.4) is 0 Å². The van der Waals surface area contributed by atoms with E-state index < -0.39 is 0 Å². The van der Waals surface area contributed by atoms with Gasteiger partial charge in [0.25, 0.3) is 0 Å². The summed E-state index contributed by atoms with van der Waals surface area (Å²) in [5, 5.41) is 11.8. The molecule has 168 valence electrons. The molecule has 0 bridgehead atoms. The lowest BCUT2D eigenvalue weighted by Gasteiger charge is -2.42. The molecular weight excluding hydrogens is 422 g/mol. The highest BCUT2D eigenvalue weighted by molar-refractivity contribution is 7.99. The minimum absolute atomic E-state index is 0.0338. The maximum absolute atomic E-state index is 12.5. The Bertz CT molecular complexity index is 1060. The highest BCUT2D eigenvalue weighted by Crippen LogP contribution is 2.43. The first-order valence-electron chi connectivity index (χ1n) is 10.8. The van der Waals surface area contributed by atoms with Gasteiger partial charge in [0.2, 0.25) is 11.1 Å². The zero-order chi connectivity index (χ0) is 22.6. The fourth-order valence-electron chi connectivity index (χ4n) is 4.08. The minimum Gasteiger partial charge on any atom is -0.485 e. The average molecular weight is 452 g/mol. The first-order valence-corrected chi connectivity index (χ1v) is 11.8. The zero-order valence-corrected chi connectivity index (χ0v) is 19.3. The Morgan fingerprint density at radius 1 is 1.12 bits per heavy atom. The van der Waals surface area contributed by atoms with E-state index in [9.17, 15) is 4.79 Å². The molecule has 2 aromatic carbocycles. The number of benzene rings is 2. The highest BCUT2D eigenvalue weighted by atomic mass is 32.2. The number of aromatic nitrogens is 3. The number of hydrogen-bond acceptors (Lipinski definition) is 6. The molecule has 0 atom stereocenters. The van der Waals surface area contributed by atoms with E-state index in [0.29, 0.717) is 17.5 Å². The number of amides is 1. The predicted molar refractivity (Wildman–Crippen MR) is 126 cm³/mol. The van der Waals surface area contributed by atoms with Crippen LogP contribution in [-0.2, 0) is 16.8 Å². The van der Waals surface area contributed by atoms with Crippen LogP contribution in [0.15, 0.2) is 53.7 Å². The molecule has 1 fully saturated rings. The van der Waals surface area contributed by atoms with Crippen molar-refractivity contribution in [3.63, 3.8) is 0 Å². The smallest absolute Gasteiger partial charge is 0.230 e. The van der Waals surface area contributed by atoms with Crippen molar-refractivity contribution in [3.8, 4) is 5.75 Å². The number of aryl methyl sites for hydroxylation is 2. The van der Waals surface area contributed by atoms with E-state index >= 15 is 0 Å². The Labute approximate surface area is 192 Å². The molecule has 7 nitrogen and oxygen atoms in total. The molecule has 1 aromatic heterocycles. The summed E-state index contributed by atoms with van der Waals surface area (Å²) in [5.74, 6) is 7.67. The van der Waals surface area contributed by atoms with E-state index in [2.05, 4.69) is 39.8 Å². The van der Waals surface area contributed by atoms with E-state index in [1.807, 2.05) is 38.1 Å². The van der Waals surface area contributed by atoms with Crippen molar-refractivity contribution in [2.45, 2.75) is 50.3 Å². The molecule has 3 aromatic rings. The van der Waals surface area contributed by atoms with Crippen LogP contribution >= 0.6 is 11.8 Å². The summed E-state index contributed by atoms with van der Waals surface area (Å²) in [4.78, 5) is 12.5. The first-order chi connectivity index (χ1) is 15.5. The van der Waals surface area contributed by atoms with Crippen molar-refractivity contribution in [3.05, 3.63) is 71.0 Å². The summed E-state index contributed by atoms with van der Waals surface area (Å²) in [5.41, 5.74) is 3.47. The second kappa shape index (κ2) is 9.65. The van der Waals surface area contributed by atoms with E-state index in [4.69, 9.17) is 10.6 Å². The Morgan fingerprint density at radius 2 is 1.84 bits per heavy atom. The fraction of sp³-hybridized carbons (Fsp3) is 0.375. The summed E-state index contributed by atoms with van der Waals surface area (Å²) in [6.07, 6.45) is 3.40. The fourth-order valence-corrected chi connectivity index (χ4v) is 4.78. The quantitative estimate of drug-likeness (QED) is 0.382. The van der Waals surface area contributed by atoms with Gasteiger partial charge in [0.05, 0.1) is 5.75 Å². The minimum atomic E-state index is -0.0338. The summed E-state index contributed by atoms with van der Waals surface area (Å²) in [7, 11) is 0. The van der Waals surface area contributed by atoms with E-state index in [1.165, 1.54) is 28.4 Å². The van der Waals surface area contributed by atoms with Gasteiger partial charge in [-0.25, -0.2) is 4.68 Å². The standard InChI is InChI=1S/C24H29N5O2S/c1-17-8-6-9-18(2)22(17)31-14-20-27-28-23(29(20)25)32-15-21(30)26-16-24(12-7-13-24)19-10-4-3-5-11-19/h3-6,8-11H,7,12-16,25H2,1-2H3,(H,26,30). The van der Waals surface area contributed by atoms with Gasteiger partial charge in [0.1, 0.15) is 12.4 Å². The number of thioether (sulfide) groups is 1. The SMILES string of the molecule is Cc1cccc(C)c1OCc1nnc(SCC(=O)NCC2(c3ccccc3)CCC2)n1N. The van der Waals surface area contributed by atoms with Crippen LogP contribution in [0.25, 0.3) is 0 Å². The lowest BCUT2D eigenvalue weighted by Crippen LogP contribution is -2.46. The lowest BCUT2D eigenvalue weighted by atomic mass is 9.64. The number of nitrogens with two attached hydrogens (primary N) is 1. The molecule has 3 N–H and O–H groups in total. The van der Waals surface area contributed by atoms with E-state index in [-0.39, 0.29) is 23.7 Å². The first kappa shape index (κ1) is 22.2. The number of carbonyl (C=O) groups is 1. The second-order valence-corrected chi connectivity index (χ2v) is 9.29. The number of rotatable bonds is 9. The molecule has 8 heteroatoms. The highest BCUT2D eigenvalue weighted by Gasteiger charge is 2.38. The van der Waals surface area contributed by atoms with Crippen LogP contribution in [0.2, 0.25) is 0 Å². The molecule has 4 rings (SSSR count). The van der Waals surface area contributed by atoms with Crippen molar-refractivity contribution < 1.29 is 9.53 Å². The van der Waals surface area contributed by atoms with Gasteiger partial charge in [0, 0.05) is 12.0 Å². The molecular formula is C24H29N5O2S. The number of nitrogens with one attached hydrogen (secondary N) is 1. The Morgan fingerprint density at radius 3 is 2.50 bits per heavy atom. The molecule has 1 aliphatic rings. The van der Waals surface area contributed by atoms with Gasteiger partial charge in [-0.2, -0.15) is 0 Å². The average Bonchev–Trinajstić information content (AvgIpc) is 3.11. The molecule has 1 heterocycles. The second-order valence-electron chi connectivity index (χ2n) is 8.34. The molecule has 0 unspecified atom stereocenters. The van der Waals surface area contributed by atoms with Crippen molar-refractivity contribution in [1.29, 1.82) is 0 Å². The van der Waals surface area contributed by atoms with Gasteiger partial charge in [-0.1, -0.05) is 66.7 Å². The van der Waals surface area contributed by atoms with Crippen molar-refractivity contribution in [1.82, 2.24) is 20.2 Å². The van der Waals surface area contributed by atoms with Crippen molar-refractivity contribution in [2.75, 3.05) is 18.1 Å². The summed E-state index contributed by atoms with van der Waals surface area (Å²) in [6, 6.07) is 16.4. The molecule has 0 saturated heterocycles. The molecule has 0 aliphatic heterocycles. The molecule has 1 aliphatic carbocycles. The van der Waals surface area contributed by atoms with Crippen LogP contribution in [0.1, 0.15) is 41.8 Å². The van der Waals surface area contributed by atoms with Crippen LogP contribution in [0.5, 0.6) is 5.75 Å². The van der Waals surface area contributed by atoms with Gasteiger partial charge >= 0.3 is 0 Å². The van der Waals surface area contributed by atoms with Gasteiger partial charge in [-0.15, -0.1) is 10.2 Å². The maximum Gasteiger partial charge on any atom is 0.230 e. The monoisotopic (exact) mass is 451 g/mol. The topological polar surface area (TPSA) is 95.1 Å². The molecule has 1 saturated carbocycles.